The van der Waals surface area contributed by atoms with Gasteiger partial charge in [0.25, 0.3) is 0 Å². The summed E-state index contributed by atoms with van der Waals surface area (Å²) in [6, 6.07) is -0.730. The summed E-state index contributed by atoms with van der Waals surface area (Å²) in [4.78, 5) is 0. The van der Waals surface area contributed by atoms with Crippen molar-refractivity contribution in [3.8, 4) is 0 Å². The van der Waals surface area contributed by atoms with Crippen LogP contribution in [0.1, 0.15) is 31.7 Å². The lowest BCUT2D eigenvalue weighted by molar-refractivity contribution is -0.151. The number of hydrogen-bond donors (Lipinski definition) is 2. The highest BCUT2D eigenvalue weighted by Crippen LogP contribution is 2.50. The SMILES string of the molecule is CC(N)c1nnc(NC2(C(F)(F)F)CC2)o1. The fourth-order valence-electron chi connectivity index (χ4n) is 1.28. The Morgan fingerprint density at radius 3 is 2.44 bits per heavy atom. The van der Waals surface area contributed by atoms with Gasteiger partial charge in [-0.2, -0.15) is 13.2 Å². The Bertz CT molecular complexity index is 383. The van der Waals surface area contributed by atoms with E-state index in [9.17, 15) is 13.2 Å². The molecule has 1 atom stereocenters. The maximum absolute atomic E-state index is 12.6. The van der Waals surface area contributed by atoms with E-state index in [1.54, 1.807) is 6.92 Å². The topological polar surface area (TPSA) is 77.0 Å². The van der Waals surface area contributed by atoms with Crippen LogP contribution in [-0.2, 0) is 0 Å². The molecule has 2 rings (SSSR count). The first-order valence-electron chi connectivity index (χ1n) is 4.78. The molecule has 1 fully saturated rings. The number of hydrogen-bond acceptors (Lipinski definition) is 5. The third-order valence-electron chi connectivity index (χ3n) is 2.47. The number of nitrogens with one attached hydrogen (secondary N) is 1. The summed E-state index contributed by atoms with van der Waals surface area (Å²) < 4.78 is 42.7. The van der Waals surface area contributed by atoms with Gasteiger partial charge in [-0.25, -0.2) is 0 Å². The molecule has 0 aliphatic heterocycles. The second kappa shape index (κ2) is 3.34. The zero-order valence-corrected chi connectivity index (χ0v) is 8.51. The van der Waals surface area contributed by atoms with E-state index in [1.165, 1.54) is 0 Å². The molecule has 0 saturated heterocycles. The predicted molar refractivity (Wildman–Crippen MR) is 48.5 cm³/mol. The number of alkyl halides is 3. The molecule has 1 saturated carbocycles. The molecule has 1 aromatic rings. The Balaban J connectivity index is 2.10. The lowest BCUT2D eigenvalue weighted by Crippen LogP contribution is -2.38. The minimum Gasteiger partial charge on any atom is -0.406 e. The molecule has 0 amide bonds. The molecule has 1 unspecified atom stereocenters. The molecule has 0 bridgehead atoms. The van der Waals surface area contributed by atoms with Crippen LogP contribution in [0.3, 0.4) is 0 Å². The van der Waals surface area contributed by atoms with Crippen molar-refractivity contribution >= 4 is 6.01 Å². The molecular formula is C8H11F3N4O. The average molecular weight is 236 g/mol. The summed E-state index contributed by atoms with van der Waals surface area (Å²) in [7, 11) is 0. The lowest BCUT2D eigenvalue weighted by Gasteiger charge is -2.18. The van der Waals surface area contributed by atoms with E-state index >= 15 is 0 Å². The van der Waals surface area contributed by atoms with E-state index in [2.05, 4.69) is 15.5 Å². The van der Waals surface area contributed by atoms with Gasteiger partial charge in [0.05, 0.1) is 6.04 Å². The summed E-state index contributed by atoms with van der Waals surface area (Å²) >= 11 is 0. The van der Waals surface area contributed by atoms with E-state index in [0.29, 0.717) is 0 Å². The molecule has 0 aromatic carbocycles. The van der Waals surface area contributed by atoms with Gasteiger partial charge in [-0.3, -0.25) is 0 Å². The van der Waals surface area contributed by atoms with Crippen molar-refractivity contribution in [2.75, 3.05) is 5.32 Å². The van der Waals surface area contributed by atoms with Gasteiger partial charge >= 0.3 is 12.2 Å². The van der Waals surface area contributed by atoms with E-state index in [1.807, 2.05) is 0 Å². The van der Waals surface area contributed by atoms with E-state index < -0.39 is 17.8 Å². The van der Waals surface area contributed by atoms with Gasteiger partial charge in [-0.15, -0.1) is 5.10 Å². The first-order valence-corrected chi connectivity index (χ1v) is 4.78. The van der Waals surface area contributed by atoms with Gasteiger partial charge in [0.2, 0.25) is 5.89 Å². The standard InChI is InChI=1S/C8H11F3N4O/c1-4(12)5-14-15-6(16-5)13-7(2-3-7)8(9,10)11/h4H,2-3,12H2,1H3,(H,13,15). The first-order chi connectivity index (χ1) is 7.34. The van der Waals surface area contributed by atoms with Crippen LogP contribution in [-0.4, -0.2) is 21.9 Å². The van der Waals surface area contributed by atoms with Gasteiger partial charge in [0.1, 0.15) is 5.54 Å². The smallest absolute Gasteiger partial charge is 0.406 e. The summed E-state index contributed by atoms with van der Waals surface area (Å²) in [6.45, 7) is 1.61. The molecule has 0 spiro atoms. The van der Waals surface area contributed by atoms with Crippen LogP contribution >= 0.6 is 0 Å². The van der Waals surface area contributed by atoms with Crippen molar-refractivity contribution < 1.29 is 17.6 Å². The Kier molecular flexibility index (Phi) is 2.33. The Morgan fingerprint density at radius 1 is 1.44 bits per heavy atom. The number of nitrogens with two attached hydrogens (primary N) is 1. The van der Waals surface area contributed by atoms with E-state index in [0.717, 1.165) is 0 Å². The van der Waals surface area contributed by atoms with Gasteiger partial charge in [-0.05, 0) is 19.8 Å². The molecule has 3 N–H and O–H groups in total. The zero-order chi connectivity index (χ0) is 12.0. The van der Waals surface area contributed by atoms with Crippen LogP contribution in [0.15, 0.2) is 4.42 Å². The minimum atomic E-state index is -4.31. The minimum absolute atomic E-state index is 0.0202. The van der Waals surface area contributed by atoms with Crippen molar-refractivity contribution in [1.82, 2.24) is 10.2 Å². The Labute approximate surface area is 89.2 Å². The third kappa shape index (κ3) is 1.84. The quantitative estimate of drug-likeness (QED) is 0.833. The predicted octanol–water partition coefficient (Wildman–Crippen LogP) is 1.60. The molecule has 0 radical (unpaired) electrons. The Morgan fingerprint density at radius 2 is 2.06 bits per heavy atom. The van der Waals surface area contributed by atoms with Crippen molar-refractivity contribution in [3.05, 3.63) is 5.89 Å². The fourth-order valence-corrected chi connectivity index (χ4v) is 1.28. The number of halogens is 3. The fraction of sp³-hybridized carbons (Fsp3) is 0.750. The van der Waals surface area contributed by atoms with Crippen molar-refractivity contribution in [2.45, 2.75) is 37.5 Å². The molecule has 16 heavy (non-hydrogen) atoms. The lowest BCUT2D eigenvalue weighted by atomic mass is 10.3. The van der Waals surface area contributed by atoms with Gasteiger partial charge in [0.15, 0.2) is 0 Å². The van der Waals surface area contributed by atoms with Gasteiger partial charge in [-0.1, -0.05) is 5.10 Å². The van der Waals surface area contributed by atoms with Crippen molar-refractivity contribution in [3.63, 3.8) is 0 Å². The van der Waals surface area contributed by atoms with E-state index in [-0.39, 0.29) is 24.7 Å². The molecule has 8 heteroatoms. The molecule has 1 aliphatic rings. The van der Waals surface area contributed by atoms with Crippen LogP contribution in [0.25, 0.3) is 0 Å². The highest BCUT2D eigenvalue weighted by Gasteiger charge is 2.64. The molecule has 1 aliphatic carbocycles. The number of nitrogens with zero attached hydrogens (tertiary/aromatic N) is 2. The molecular weight excluding hydrogens is 225 g/mol. The summed E-state index contributed by atoms with van der Waals surface area (Å²) in [5.74, 6) is 0.112. The van der Waals surface area contributed by atoms with Crippen LogP contribution in [0, 0.1) is 0 Å². The highest BCUT2D eigenvalue weighted by atomic mass is 19.4. The normalized spacial score (nSPS) is 20.6. The van der Waals surface area contributed by atoms with Gasteiger partial charge in [0, 0.05) is 0 Å². The monoisotopic (exact) mass is 236 g/mol. The van der Waals surface area contributed by atoms with Crippen molar-refractivity contribution in [1.29, 1.82) is 0 Å². The Hall–Kier alpha value is -1.31. The second-order valence-electron chi connectivity index (χ2n) is 3.94. The average Bonchev–Trinajstić information content (AvgIpc) is 2.76. The molecule has 5 nitrogen and oxygen atoms in total. The summed E-state index contributed by atoms with van der Waals surface area (Å²) in [6.07, 6.45) is -4.27. The molecule has 90 valence electrons. The summed E-state index contributed by atoms with van der Waals surface area (Å²) in [5.41, 5.74) is 3.55. The molecule has 1 heterocycles. The number of aromatic nitrogens is 2. The molecule has 1 aromatic heterocycles. The maximum Gasteiger partial charge on any atom is 0.411 e. The number of rotatable bonds is 3. The van der Waals surface area contributed by atoms with Gasteiger partial charge < -0.3 is 15.5 Å². The second-order valence-corrected chi connectivity index (χ2v) is 3.94. The zero-order valence-electron chi connectivity index (χ0n) is 8.51. The van der Waals surface area contributed by atoms with Crippen molar-refractivity contribution in [2.24, 2.45) is 5.73 Å². The van der Waals surface area contributed by atoms with Crippen LogP contribution in [0.4, 0.5) is 19.2 Å². The van der Waals surface area contributed by atoms with Crippen LogP contribution in [0.2, 0.25) is 0 Å². The van der Waals surface area contributed by atoms with Crippen LogP contribution < -0.4 is 11.1 Å². The highest BCUT2D eigenvalue weighted by molar-refractivity contribution is 5.32. The van der Waals surface area contributed by atoms with Crippen LogP contribution in [0.5, 0.6) is 0 Å². The first kappa shape index (κ1) is 11.2. The third-order valence-corrected chi connectivity index (χ3v) is 2.47. The summed E-state index contributed by atoms with van der Waals surface area (Å²) in [5, 5.41) is 9.23. The van der Waals surface area contributed by atoms with E-state index in [4.69, 9.17) is 10.2 Å². The largest absolute Gasteiger partial charge is 0.411 e. The number of anilines is 1. The maximum atomic E-state index is 12.6.